The molecule has 2 aromatic carbocycles. The van der Waals surface area contributed by atoms with Gasteiger partial charge in [-0.2, -0.15) is 0 Å². The van der Waals surface area contributed by atoms with E-state index in [9.17, 15) is 17.6 Å². The van der Waals surface area contributed by atoms with Crippen LogP contribution in [-0.2, 0) is 16.4 Å². The van der Waals surface area contributed by atoms with Crippen molar-refractivity contribution in [3.8, 4) is 0 Å². The Morgan fingerprint density at radius 2 is 1.79 bits per heavy atom. The molecule has 150 valence electrons. The van der Waals surface area contributed by atoms with Gasteiger partial charge in [-0.1, -0.05) is 11.6 Å². The number of rotatable bonds is 3. The van der Waals surface area contributed by atoms with Crippen molar-refractivity contribution < 1.29 is 17.6 Å². The van der Waals surface area contributed by atoms with Gasteiger partial charge in [-0.15, -0.1) is 0 Å². The molecule has 0 aromatic heterocycles. The van der Waals surface area contributed by atoms with Gasteiger partial charge in [0.15, 0.2) is 0 Å². The first-order valence-corrected chi connectivity index (χ1v) is 10.8. The number of benzene rings is 2. The minimum atomic E-state index is -3.70. The molecule has 1 N–H and O–H groups in total. The van der Waals surface area contributed by atoms with E-state index in [2.05, 4.69) is 4.72 Å². The molecule has 3 rings (SSSR count). The molecule has 0 spiro atoms. The lowest BCUT2D eigenvalue weighted by Crippen LogP contribution is -2.40. The predicted molar refractivity (Wildman–Crippen MR) is 108 cm³/mol. The second kappa shape index (κ2) is 7.46. The summed E-state index contributed by atoms with van der Waals surface area (Å²) in [6, 6.07) is 8.37. The number of nitrogens with one attached hydrogen (secondary N) is 1. The normalized spacial score (nSPS) is 14.7. The number of nitrogens with zero attached hydrogens (tertiary/aromatic N) is 1. The molecule has 1 aliphatic heterocycles. The molecule has 0 saturated carbocycles. The Hall–Kier alpha value is -1.96. The lowest BCUT2D eigenvalue weighted by atomic mass is 10.00. The molecule has 8 heteroatoms. The van der Waals surface area contributed by atoms with Crippen LogP contribution in [-0.4, -0.2) is 26.4 Å². The fourth-order valence-electron chi connectivity index (χ4n) is 3.24. The van der Waals surface area contributed by atoms with Crippen molar-refractivity contribution in [2.75, 3.05) is 11.4 Å². The second-order valence-corrected chi connectivity index (χ2v) is 9.89. The molecule has 5 nitrogen and oxygen atoms in total. The standard InChI is InChI=1S/C20H22ClFN2O3S/c1-20(2,3)23-28(26,27)14-8-6-13(7-9-14)19(25)24-12-4-5-15-16(21)10-11-17(22)18(15)24/h6-11,23H,4-5,12H2,1-3H3. The Morgan fingerprint density at radius 1 is 1.14 bits per heavy atom. The highest BCUT2D eigenvalue weighted by molar-refractivity contribution is 7.89. The lowest BCUT2D eigenvalue weighted by Gasteiger charge is -2.30. The highest BCUT2D eigenvalue weighted by Gasteiger charge is 2.29. The minimum Gasteiger partial charge on any atom is -0.305 e. The number of sulfonamides is 1. The maximum absolute atomic E-state index is 14.4. The molecule has 0 radical (unpaired) electrons. The fraction of sp³-hybridized carbons (Fsp3) is 0.350. The highest BCUT2D eigenvalue weighted by Crippen LogP contribution is 2.35. The van der Waals surface area contributed by atoms with Gasteiger partial charge in [0.25, 0.3) is 5.91 Å². The molecule has 0 unspecified atom stereocenters. The lowest BCUT2D eigenvalue weighted by molar-refractivity contribution is 0.0984. The van der Waals surface area contributed by atoms with E-state index in [1.165, 1.54) is 41.3 Å². The Morgan fingerprint density at radius 3 is 2.39 bits per heavy atom. The second-order valence-electron chi connectivity index (χ2n) is 7.80. The average molecular weight is 425 g/mol. The number of fused-ring (bicyclic) bond motifs is 1. The molecule has 0 bridgehead atoms. The van der Waals surface area contributed by atoms with E-state index in [4.69, 9.17) is 11.6 Å². The largest absolute Gasteiger partial charge is 0.305 e. The van der Waals surface area contributed by atoms with Crippen LogP contribution in [0.3, 0.4) is 0 Å². The first-order chi connectivity index (χ1) is 13.0. The number of anilines is 1. The maximum atomic E-state index is 14.4. The number of hydrogen-bond acceptors (Lipinski definition) is 3. The summed E-state index contributed by atoms with van der Waals surface area (Å²) >= 11 is 6.18. The third-order valence-corrected chi connectivity index (χ3v) is 6.48. The molecule has 0 saturated heterocycles. The molecular formula is C20H22ClFN2O3S. The zero-order chi connectivity index (χ0) is 20.7. The van der Waals surface area contributed by atoms with Crippen LogP contribution in [0.15, 0.2) is 41.3 Å². The SMILES string of the molecule is CC(C)(C)NS(=O)(=O)c1ccc(C(=O)N2CCCc3c(Cl)ccc(F)c32)cc1. The summed E-state index contributed by atoms with van der Waals surface area (Å²) in [6.07, 6.45) is 1.27. The summed E-state index contributed by atoms with van der Waals surface area (Å²) in [5.74, 6) is -0.893. The van der Waals surface area contributed by atoms with Crippen LogP contribution in [0, 0.1) is 5.82 Å². The van der Waals surface area contributed by atoms with Gasteiger partial charge in [-0.3, -0.25) is 4.79 Å². The van der Waals surface area contributed by atoms with Crippen molar-refractivity contribution in [2.45, 2.75) is 44.0 Å². The Labute approximate surface area is 169 Å². The van der Waals surface area contributed by atoms with Gasteiger partial charge in [0.2, 0.25) is 10.0 Å². The first-order valence-electron chi connectivity index (χ1n) is 8.92. The van der Waals surface area contributed by atoms with Crippen molar-refractivity contribution in [3.63, 3.8) is 0 Å². The van der Waals surface area contributed by atoms with Crippen LogP contribution in [0.2, 0.25) is 5.02 Å². The molecule has 28 heavy (non-hydrogen) atoms. The predicted octanol–water partition coefficient (Wildman–Crippen LogP) is 4.15. The van der Waals surface area contributed by atoms with Gasteiger partial charge in [0, 0.05) is 22.7 Å². The quantitative estimate of drug-likeness (QED) is 0.804. The number of carbonyl (C=O) groups excluding carboxylic acids is 1. The van der Waals surface area contributed by atoms with Gasteiger partial charge in [0.05, 0.1) is 10.6 Å². The first kappa shape index (κ1) is 20.8. The van der Waals surface area contributed by atoms with Gasteiger partial charge >= 0.3 is 0 Å². The van der Waals surface area contributed by atoms with Gasteiger partial charge < -0.3 is 4.90 Å². The van der Waals surface area contributed by atoms with Crippen molar-refractivity contribution in [2.24, 2.45) is 0 Å². The van der Waals surface area contributed by atoms with Crippen LogP contribution >= 0.6 is 11.6 Å². The van der Waals surface area contributed by atoms with Crippen LogP contribution in [0.5, 0.6) is 0 Å². The van der Waals surface area contributed by atoms with E-state index >= 15 is 0 Å². The number of halogens is 2. The van der Waals surface area contributed by atoms with E-state index in [1.807, 2.05) is 0 Å². The molecule has 2 aromatic rings. The molecule has 0 fully saturated rings. The van der Waals surface area contributed by atoms with Gasteiger partial charge in [-0.05, 0) is 75.6 Å². The van der Waals surface area contributed by atoms with Crippen LogP contribution in [0.25, 0.3) is 0 Å². The summed E-state index contributed by atoms with van der Waals surface area (Å²) in [4.78, 5) is 14.4. The summed E-state index contributed by atoms with van der Waals surface area (Å²) in [5, 5.41) is 0.434. The number of carbonyl (C=O) groups is 1. The molecular weight excluding hydrogens is 403 g/mol. The fourth-order valence-corrected chi connectivity index (χ4v) is 4.90. The van der Waals surface area contributed by atoms with E-state index < -0.39 is 27.3 Å². The number of hydrogen-bond donors (Lipinski definition) is 1. The van der Waals surface area contributed by atoms with Crippen molar-refractivity contribution in [1.82, 2.24) is 4.72 Å². The zero-order valence-electron chi connectivity index (χ0n) is 15.9. The molecule has 1 amide bonds. The zero-order valence-corrected chi connectivity index (χ0v) is 17.5. The maximum Gasteiger partial charge on any atom is 0.258 e. The van der Waals surface area contributed by atoms with Crippen LogP contribution in [0.4, 0.5) is 10.1 Å². The Bertz CT molecular complexity index is 1010. The van der Waals surface area contributed by atoms with E-state index in [0.717, 1.165) is 0 Å². The van der Waals surface area contributed by atoms with Gasteiger partial charge in [0.1, 0.15) is 5.82 Å². The van der Waals surface area contributed by atoms with Crippen LogP contribution < -0.4 is 9.62 Å². The van der Waals surface area contributed by atoms with Crippen molar-refractivity contribution >= 4 is 33.2 Å². The summed E-state index contributed by atoms with van der Waals surface area (Å²) in [6.45, 7) is 5.61. The topological polar surface area (TPSA) is 66.5 Å². The van der Waals surface area contributed by atoms with E-state index in [1.54, 1.807) is 20.8 Å². The molecule has 0 atom stereocenters. The van der Waals surface area contributed by atoms with E-state index in [0.29, 0.717) is 30.0 Å². The minimum absolute atomic E-state index is 0.0623. The Balaban J connectivity index is 1.91. The summed E-state index contributed by atoms with van der Waals surface area (Å²) < 4.78 is 41.8. The van der Waals surface area contributed by atoms with Crippen molar-refractivity contribution in [3.05, 3.63) is 58.4 Å². The van der Waals surface area contributed by atoms with E-state index in [-0.39, 0.29) is 16.1 Å². The average Bonchev–Trinajstić information content (AvgIpc) is 2.62. The Kier molecular flexibility index (Phi) is 5.53. The smallest absolute Gasteiger partial charge is 0.258 e. The highest BCUT2D eigenvalue weighted by atomic mass is 35.5. The summed E-state index contributed by atoms with van der Waals surface area (Å²) in [7, 11) is -3.70. The monoisotopic (exact) mass is 424 g/mol. The van der Waals surface area contributed by atoms with Gasteiger partial charge in [-0.25, -0.2) is 17.5 Å². The third-order valence-electron chi connectivity index (χ3n) is 4.35. The molecule has 0 aliphatic carbocycles. The molecule has 1 aliphatic rings. The third kappa shape index (κ3) is 4.21. The van der Waals surface area contributed by atoms with Crippen LogP contribution in [0.1, 0.15) is 43.1 Å². The molecule has 1 heterocycles. The summed E-state index contributed by atoms with van der Waals surface area (Å²) in [5.41, 5.74) is 0.480. The number of amides is 1. The van der Waals surface area contributed by atoms with Crippen molar-refractivity contribution in [1.29, 1.82) is 0 Å².